The summed E-state index contributed by atoms with van der Waals surface area (Å²) in [6, 6.07) is 4.86. The van der Waals surface area contributed by atoms with Crippen LogP contribution >= 0.6 is 23.4 Å². The van der Waals surface area contributed by atoms with E-state index in [4.69, 9.17) is 11.6 Å². The van der Waals surface area contributed by atoms with E-state index in [0.29, 0.717) is 18.4 Å². The van der Waals surface area contributed by atoms with Crippen molar-refractivity contribution < 1.29 is 9.50 Å². The van der Waals surface area contributed by atoms with Crippen molar-refractivity contribution in [3.8, 4) is 0 Å². The van der Waals surface area contributed by atoms with Gasteiger partial charge in [0.25, 0.3) is 0 Å². The first kappa shape index (κ1) is 12.8. The Kier molecular flexibility index (Phi) is 5.43. The monoisotopic (exact) mass is 248 g/mol. The van der Waals surface area contributed by atoms with Gasteiger partial charge in [0.1, 0.15) is 5.82 Å². The minimum absolute atomic E-state index is 0.115. The Bertz CT molecular complexity index is 319. The normalized spacial score (nSPS) is 12.8. The van der Waals surface area contributed by atoms with Crippen LogP contribution in [0.5, 0.6) is 0 Å². The van der Waals surface area contributed by atoms with Gasteiger partial charge in [0, 0.05) is 6.42 Å². The van der Waals surface area contributed by atoms with Gasteiger partial charge in [-0.1, -0.05) is 23.7 Å². The van der Waals surface area contributed by atoms with Gasteiger partial charge >= 0.3 is 0 Å². The molecule has 0 saturated carbocycles. The molecule has 15 heavy (non-hydrogen) atoms. The first-order chi connectivity index (χ1) is 7.15. The van der Waals surface area contributed by atoms with E-state index in [-0.39, 0.29) is 5.02 Å². The quantitative estimate of drug-likeness (QED) is 0.864. The molecule has 84 valence electrons. The maximum atomic E-state index is 13.4. The van der Waals surface area contributed by atoms with Crippen LogP contribution in [-0.4, -0.2) is 23.2 Å². The first-order valence-electron chi connectivity index (χ1n) is 4.75. The molecule has 0 amide bonds. The number of aliphatic hydroxyl groups is 1. The smallest absolute Gasteiger partial charge is 0.145 e. The minimum Gasteiger partial charge on any atom is -0.393 e. The summed E-state index contributed by atoms with van der Waals surface area (Å²) in [5.74, 6) is 0.464. The fraction of sp³-hybridized carbons (Fsp3) is 0.455. The van der Waals surface area contributed by atoms with Crippen molar-refractivity contribution in [1.29, 1.82) is 0 Å². The molecule has 0 aromatic heterocycles. The Morgan fingerprint density at radius 2 is 2.27 bits per heavy atom. The zero-order valence-corrected chi connectivity index (χ0v) is 10.1. The van der Waals surface area contributed by atoms with Crippen LogP contribution in [-0.2, 0) is 6.42 Å². The molecule has 1 rings (SSSR count). The molecule has 0 aliphatic carbocycles. The maximum Gasteiger partial charge on any atom is 0.145 e. The second-order valence-corrected chi connectivity index (χ2v) is 4.75. The predicted octanol–water partition coefficient (Wildman–Crippen LogP) is 3.14. The molecule has 0 heterocycles. The van der Waals surface area contributed by atoms with Gasteiger partial charge in [-0.2, -0.15) is 11.8 Å². The van der Waals surface area contributed by atoms with E-state index in [1.165, 1.54) is 6.07 Å². The Hall–Kier alpha value is -0.250. The average Bonchev–Trinajstić information content (AvgIpc) is 2.22. The van der Waals surface area contributed by atoms with Crippen molar-refractivity contribution in [2.24, 2.45) is 0 Å². The molecule has 1 unspecified atom stereocenters. The molecule has 1 atom stereocenters. The van der Waals surface area contributed by atoms with Crippen LogP contribution in [0.25, 0.3) is 0 Å². The van der Waals surface area contributed by atoms with E-state index in [1.54, 1.807) is 23.9 Å². The number of hydrogen-bond donors (Lipinski definition) is 1. The Morgan fingerprint density at radius 3 is 2.93 bits per heavy atom. The summed E-state index contributed by atoms with van der Waals surface area (Å²) < 4.78 is 13.4. The SMILES string of the molecule is CSCCC(O)Cc1cccc(Cl)c1F. The van der Waals surface area contributed by atoms with Gasteiger partial charge in [-0.15, -0.1) is 0 Å². The van der Waals surface area contributed by atoms with Crippen LogP contribution in [0.1, 0.15) is 12.0 Å². The molecule has 1 nitrogen and oxygen atoms in total. The highest BCUT2D eigenvalue weighted by atomic mass is 35.5. The van der Waals surface area contributed by atoms with Gasteiger partial charge in [-0.05, 0) is 30.1 Å². The van der Waals surface area contributed by atoms with Crippen molar-refractivity contribution in [2.45, 2.75) is 18.9 Å². The van der Waals surface area contributed by atoms with Gasteiger partial charge < -0.3 is 5.11 Å². The van der Waals surface area contributed by atoms with E-state index in [0.717, 1.165) is 5.75 Å². The summed E-state index contributed by atoms with van der Waals surface area (Å²) in [6.07, 6.45) is 2.48. The van der Waals surface area contributed by atoms with E-state index >= 15 is 0 Å². The second kappa shape index (κ2) is 6.36. The zero-order chi connectivity index (χ0) is 11.3. The highest BCUT2D eigenvalue weighted by molar-refractivity contribution is 7.98. The third-order valence-corrected chi connectivity index (χ3v) is 3.08. The van der Waals surface area contributed by atoms with Crippen LogP contribution in [0.4, 0.5) is 4.39 Å². The molecule has 1 aromatic rings. The molecular formula is C11H14ClFOS. The largest absolute Gasteiger partial charge is 0.393 e. The Balaban J connectivity index is 2.60. The molecule has 0 saturated heterocycles. The van der Waals surface area contributed by atoms with E-state index in [2.05, 4.69) is 0 Å². The second-order valence-electron chi connectivity index (χ2n) is 3.35. The standard InChI is InChI=1S/C11H14ClFOS/c1-15-6-5-9(14)7-8-3-2-4-10(12)11(8)13/h2-4,9,14H,5-7H2,1H3. The van der Waals surface area contributed by atoms with E-state index in [1.807, 2.05) is 6.26 Å². The van der Waals surface area contributed by atoms with Gasteiger partial charge in [0.15, 0.2) is 0 Å². The zero-order valence-electron chi connectivity index (χ0n) is 8.54. The fourth-order valence-corrected chi connectivity index (χ4v) is 2.02. The van der Waals surface area contributed by atoms with Gasteiger partial charge in [0.05, 0.1) is 11.1 Å². The molecule has 0 radical (unpaired) electrons. The third-order valence-electron chi connectivity index (χ3n) is 2.14. The van der Waals surface area contributed by atoms with Crippen molar-refractivity contribution in [3.05, 3.63) is 34.6 Å². The molecule has 0 fully saturated rings. The topological polar surface area (TPSA) is 20.2 Å². The third kappa shape index (κ3) is 4.01. The van der Waals surface area contributed by atoms with Gasteiger partial charge in [-0.25, -0.2) is 4.39 Å². The molecule has 0 spiro atoms. The first-order valence-corrected chi connectivity index (χ1v) is 6.52. The van der Waals surface area contributed by atoms with Crippen LogP contribution in [0.2, 0.25) is 5.02 Å². The molecular weight excluding hydrogens is 235 g/mol. The highest BCUT2D eigenvalue weighted by Crippen LogP contribution is 2.19. The molecule has 0 bridgehead atoms. The maximum absolute atomic E-state index is 13.4. The molecule has 1 N–H and O–H groups in total. The number of hydrogen-bond acceptors (Lipinski definition) is 2. The van der Waals surface area contributed by atoms with Crippen LogP contribution < -0.4 is 0 Å². The number of benzene rings is 1. The number of aliphatic hydroxyl groups excluding tert-OH is 1. The van der Waals surface area contributed by atoms with Crippen LogP contribution in [0, 0.1) is 5.82 Å². The molecule has 0 aliphatic rings. The fourth-order valence-electron chi connectivity index (χ4n) is 1.32. The molecule has 1 aromatic carbocycles. The summed E-state index contributed by atoms with van der Waals surface area (Å²) in [7, 11) is 0. The Labute approximate surface area is 98.6 Å². The van der Waals surface area contributed by atoms with Crippen molar-refractivity contribution in [2.75, 3.05) is 12.0 Å². The average molecular weight is 249 g/mol. The van der Waals surface area contributed by atoms with Gasteiger partial charge in [-0.3, -0.25) is 0 Å². The number of halogens is 2. The highest BCUT2D eigenvalue weighted by Gasteiger charge is 2.11. The lowest BCUT2D eigenvalue weighted by Crippen LogP contribution is -2.12. The van der Waals surface area contributed by atoms with E-state index in [9.17, 15) is 9.50 Å². The summed E-state index contributed by atoms with van der Waals surface area (Å²) >= 11 is 7.31. The van der Waals surface area contributed by atoms with E-state index < -0.39 is 11.9 Å². The van der Waals surface area contributed by atoms with Gasteiger partial charge in [0.2, 0.25) is 0 Å². The Morgan fingerprint density at radius 1 is 1.53 bits per heavy atom. The summed E-state index contributed by atoms with van der Waals surface area (Å²) in [5, 5.41) is 9.74. The van der Waals surface area contributed by atoms with Crippen molar-refractivity contribution in [3.63, 3.8) is 0 Å². The van der Waals surface area contributed by atoms with Crippen molar-refractivity contribution >= 4 is 23.4 Å². The molecule has 4 heteroatoms. The summed E-state index contributed by atoms with van der Waals surface area (Å²) in [4.78, 5) is 0. The summed E-state index contributed by atoms with van der Waals surface area (Å²) in [5.41, 5.74) is 0.483. The van der Waals surface area contributed by atoms with Crippen molar-refractivity contribution in [1.82, 2.24) is 0 Å². The number of thioether (sulfide) groups is 1. The number of rotatable bonds is 5. The predicted molar refractivity (Wildman–Crippen MR) is 64.1 cm³/mol. The lowest BCUT2D eigenvalue weighted by atomic mass is 10.1. The lowest BCUT2D eigenvalue weighted by Gasteiger charge is -2.10. The minimum atomic E-state index is -0.495. The summed E-state index contributed by atoms with van der Waals surface area (Å²) in [6.45, 7) is 0. The van der Waals surface area contributed by atoms with Crippen LogP contribution in [0.3, 0.4) is 0 Å². The lowest BCUT2D eigenvalue weighted by molar-refractivity contribution is 0.171. The van der Waals surface area contributed by atoms with Crippen LogP contribution in [0.15, 0.2) is 18.2 Å². The molecule has 0 aliphatic heterocycles.